The molecule has 2 atom stereocenters. The van der Waals surface area contributed by atoms with Crippen molar-refractivity contribution in [2.75, 3.05) is 31.1 Å². The monoisotopic (exact) mass is 350 g/mol. The van der Waals surface area contributed by atoms with Gasteiger partial charge in [0.1, 0.15) is 0 Å². The number of amides is 1. The minimum absolute atomic E-state index is 0.0192. The Morgan fingerprint density at radius 1 is 0.923 bits per heavy atom. The standard InChI is InChI=1S/C21H26N4O/c1-21(2,3)18-9-10-19(23-22-18)24-11-16-13-25(14-17(16)12-24)20(26)15-7-5-4-6-8-15/h4-10,16-17H,11-14H2,1-3H3. The summed E-state index contributed by atoms with van der Waals surface area (Å²) >= 11 is 0. The van der Waals surface area contributed by atoms with Crippen molar-refractivity contribution < 1.29 is 4.79 Å². The maximum Gasteiger partial charge on any atom is 0.253 e. The summed E-state index contributed by atoms with van der Waals surface area (Å²) < 4.78 is 0. The number of benzene rings is 1. The van der Waals surface area contributed by atoms with E-state index < -0.39 is 0 Å². The average molecular weight is 350 g/mol. The Morgan fingerprint density at radius 2 is 1.58 bits per heavy atom. The van der Waals surface area contributed by atoms with Gasteiger partial charge < -0.3 is 9.80 Å². The van der Waals surface area contributed by atoms with Crippen LogP contribution in [-0.4, -0.2) is 47.2 Å². The molecule has 2 aromatic rings. The molecule has 0 radical (unpaired) electrons. The van der Waals surface area contributed by atoms with E-state index in [1.165, 1.54) is 0 Å². The van der Waals surface area contributed by atoms with Crippen LogP contribution in [-0.2, 0) is 5.41 Å². The first-order valence-corrected chi connectivity index (χ1v) is 9.35. The number of fused-ring (bicyclic) bond motifs is 1. The normalized spacial score (nSPS) is 22.6. The van der Waals surface area contributed by atoms with Crippen LogP contribution in [0.4, 0.5) is 5.82 Å². The number of aromatic nitrogens is 2. The molecule has 1 aromatic heterocycles. The van der Waals surface area contributed by atoms with E-state index in [1.807, 2.05) is 35.2 Å². The Balaban J connectivity index is 1.40. The van der Waals surface area contributed by atoms with Gasteiger partial charge in [0, 0.05) is 49.0 Å². The van der Waals surface area contributed by atoms with Crippen molar-refractivity contribution in [2.24, 2.45) is 11.8 Å². The Labute approximate surface area is 155 Å². The molecule has 2 aliphatic rings. The van der Waals surface area contributed by atoms with E-state index in [9.17, 15) is 4.79 Å². The van der Waals surface area contributed by atoms with Gasteiger partial charge in [0.25, 0.3) is 5.91 Å². The van der Waals surface area contributed by atoms with Crippen molar-refractivity contribution in [3.63, 3.8) is 0 Å². The third-order valence-corrected chi connectivity index (χ3v) is 5.54. The van der Waals surface area contributed by atoms with Gasteiger partial charge in [-0.3, -0.25) is 4.79 Å². The molecule has 0 bridgehead atoms. The van der Waals surface area contributed by atoms with Crippen molar-refractivity contribution in [2.45, 2.75) is 26.2 Å². The first-order valence-electron chi connectivity index (χ1n) is 9.35. The predicted molar refractivity (Wildman–Crippen MR) is 102 cm³/mol. The fraction of sp³-hybridized carbons (Fsp3) is 0.476. The highest BCUT2D eigenvalue weighted by Crippen LogP contribution is 2.34. The van der Waals surface area contributed by atoms with E-state index in [4.69, 9.17) is 0 Å². The van der Waals surface area contributed by atoms with Crippen LogP contribution in [0.5, 0.6) is 0 Å². The van der Waals surface area contributed by atoms with E-state index >= 15 is 0 Å². The summed E-state index contributed by atoms with van der Waals surface area (Å²) in [4.78, 5) is 17.0. The molecular formula is C21H26N4O. The molecule has 2 saturated heterocycles. The van der Waals surface area contributed by atoms with Crippen molar-refractivity contribution in [1.29, 1.82) is 0 Å². The zero-order valence-corrected chi connectivity index (χ0v) is 15.7. The van der Waals surface area contributed by atoms with Gasteiger partial charge in [0.05, 0.1) is 5.69 Å². The second-order valence-corrected chi connectivity index (χ2v) is 8.53. The Kier molecular flexibility index (Phi) is 4.17. The summed E-state index contributed by atoms with van der Waals surface area (Å²) in [5.74, 6) is 2.15. The van der Waals surface area contributed by atoms with Crippen LogP contribution in [0.1, 0.15) is 36.8 Å². The van der Waals surface area contributed by atoms with Crippen molar-refractivity contribution in [3.8, 4) is 0 Å². The smallest absolute Gasteiger partial charge is 0.253 e. The molecule has 0 aliphatic carbocycles. The number of hydrogen-bond donors (Lipinski definition) is 0. The number of rotatable bonds is 2. The van der Waals surface area contributed by atoms with Crippen LogP contribution in [0.2, 0.25) is 0 Å². The minimum atomic E-state index is 0.0192. The van der Waals surface area contributed by atoms with Gasteiger partial charge in [-0.25, -0.2) is 0 Å². The quantitative estimate of drug-likeness (QED) is 0.835. The molecule has 1 aromatic carbocycles. The fourth-order valence-electron chi connectivity index (χ4n) is 4.00. The van der Waals surface area contributed by atoms with Gasteiger partial charge in [-0.1, -0.05) is 39.0 Å². The zero-order valence-electron chi connectivity index (χ0n) is 15.7. The van der Waals surface area contributed by atoms with E-state index in [-0.39, 0.29) is 11.3 Å². The molecule has 0 N–H and O–H groups in total. The lowest BCUT2D eigenvalue weighted by Crippen LogP contribution is -2.33. The molecule has 5 nitrogen and oxygen atoms in total. The lowest BCUT2D eigenvalue weighted by atomic mass is 9.92. The third kappa shape index (κ3) is 3.18. The van der Waals surface area contributed by atoms with Crippen LogP contribution in [0.3, 0.4) is 0 Å². The van der Waals surface area contributed by atoms with Gasteiger partial charge in [-0.2, -0.15) is 5.10 Å². The van der Waals surface area contributed by atoms with Crippen LogP contribution >= 0.6 is 0 Å². The second-order valence-electron chi connectivity index (χ2n) is 8.53. The number of carbonyl (C=O) groups excluding carboxylic acids is 1. The van der Waals surface area contributed by atoms with Gasteiger partial charge in [-0.15, -0.1) is 5.10 Å². The largest absolute Gasteiger partial charge is 0.354 e. The van der Waals surface area contributed by atoms with Crippen LogP contribution in [0.25, 0.3) is 0 Å². The first-order chi connectivity index (χ1) is 12.4. The molecule has 136 valence electrons. The van der Waals surface area contributed by atoms with Crippen LogP contribution < -0.4 is 4.90 Å². The van der Waals surface area contributed by atoms with Crippen LogP contribution in [0.15, 0.2) is 42.5 Å². The fourth-order valence-corrected chi connectivity index (χ4v) is 4.00. The lowest BCUT2D eigenvalue weighted by Gasteiger charge is -2.23. The van der Waals surface area contributed by atoms with Gasteiger partial charge >= 0.3 is 0 Å². The molecule has 3 heterocycles. The van der Waals surface area contributed by atoms with Crippen molar-refractivity contribution in [1.82, 2.24) is 15.1 Å². The average Bonchev–Trinajstić information content (AvgIpc) is 3.20. The number of nitrogens with zero attached hydrogens (tertiary/aromatic N) is 4. The molecule has 1 amide bonds. The third-order valence-electron chi connectivity index (χ3n) is 5.54. The summed E-state index contributed by atoms with van der Waals surface area (Å²) in [5, 5.41) is 8.87. The highest BCUT2D eigenvalue weighted by atomic mass is 16.2. The highest BCUT2D eigenvalue weighted by Gasteiger charge is 2.42. The number of carbonyl (C=O) groups is 1. The molecular weight excluding hydrogens is 324 g/mol. The number of likely N-dealkylation sites (tertiary alicyclic amines) is 1. The molecule has 26 heavy (non-hydrogen) atoms. The predicted octanol–water partition coefficient (Wildman–Crippen LogP) is 2.98. The Morgan fingerprint density at radius 3 is 2.12 bits per heavy atom. The SMILES string of the molecule is CC(C)(C)c1ccc(N2CC3CN(C(=O)c4ccccc4)CC3C2)nn1. The van der Waals surface area contributed by atoms with E-state index in [0.717, 1.165) is 43.3 Å². The molecule has 0 saturated carbocycles. The second kappa shape index (κ2) is 6.38. The molecule has 0 spiro atoms. The first kappa shape index (κ1) is 17.0. The summed E-state index contributed by atoms with van der Waals surface area (Å²) in [6.07, 6.45) is 0. The summed E-state index contributed by atoms with van der Waals surface area (Å²) in [6, 6.07) is 13.8. The number of anilines is 1. The maximum absolute atomic E-state index is 12.7. The molecule has 2 fully saturated rings. The lowest BCUT2D eigenvalue weighted by molar-refractivity contribution is 0.0782. The molecule has 2 unspecified atom stereocenters. The van der Waals surface area contributed by atoms with Gasteiger partial charge in [0.2, 0.25) is 0 Å². The molecule has 4 rings (SSSR count). The van der Waals surface area contributed by atoms with Crippen LogP contribution in [0, 0.1) is 11.8 Å². The van der Waals surface area contributed by atoms with Crippen molar-refractivity contribution in [3.05, 3.63) is 53.7 Å². The van der Waals surface area contributed by atoms with Crippen molar-refractivity contribution >= 4 is 11.7 Å². The molecule has 2 aliphatic heterocycles. The van der Waals surface area contributed by atoms with E-state index in [2.05, 4.69) is 48.0 Å². The summed E-state index contributed by atoms with van der Waals surface area (Å²) in [7, 11) is 0. The van der Waals surface area contributed by atoms with Gasteiger partial charge in [-0.05, 0) is 24.3 Å². The Bertz CT molecular complexity index is 768. The number of hydrogen-bond acceptors (Lipinski definition) is 4. The zero-order chi connectivity index (χ0) is 18.3. The van der Waals surface area contributed by atoms with Gasteiger partial charge in [0.15, 0.2) is 5.82 Å². The van der Waals surface area contributed by atoms with E-state index in [1.54, 1.807) is 0 Å². The van der Waals surface area contributed by atoms with E-state index in [0.29, 0.717) is 11.8 Å². The summed E-state index contributed by atoms with van der Waals surface area (Å²) in [5.41, 5.74) is 1.82. The highest BCUT2D eigenvalue weighted by molar-refractivity contribution is 5.94. The molecule has 5 heteroatoms. The Hall–Kier alpha value is -2.43. The maximum atomic E-state index is 12.7. The minimum Gasteiger partial charge on any atom is -0.354 e. The summed E-state index contributed by atoms with van der Waals surface area (Å²) in [6.45, 7) is 10.0. The topological polar surface area (TPSA) is 49.3 Å².